The number of ether oxygens (including phenoxy) is 1. The van der Waals surface area contributed by atoms with E-state index >= 15 is 0 Å². The molecule has 4 rings (SSSR count). The summed E-state index contributed by atoms with van der Waals surface area (Å²) < 4.78 is 6.29. The first-order chi connectivity index (χ1) is 11.5. The molecule has 2 radical (unpaired) electrons. The van der Waals surface area contributed by atoms with Gasteiger partial charge in [0.1, 0.15) is 0 Å². The van der Waals surface area contributed by atoms with Gasteiger partial charge in [-0.15, -0.1) is 0 Å². The summed E-state index contributed by atoms with van der Waals surface area (Å²) in [6.45, 7) is 3.61. The van der Waals surface area contributed by atoms with Crippen LogP contribution < -0.4 is 35.9 Å². The molecule has 3 aromatic rings. The fourth-order valence-corrected chi connectivity index (χ4v) is 3.21. The number of hydrogen-bond acceptors (Lipinski definition) is 5. The molecule has 1 fully saturated rings. The summed E-state index contributed by atoms with van der Waals surface area (Å²) in [5.41, 5.74) is 10.4. The van der Waals surface area contributed by atoms with Crippen molar-refractivity contribution in [1.29, 1.82) is 0 Å². The SMILES string of the molecule is CC1(c2ccc(Nc3c(N)cnc4ccc(Br)cc34)cn2)COC1.O.O.[Cl-].[Cl-].[Sn+2]. The molecule has 1 aliphatic heterocycles. The quantitative estimate of drug-likeness (QED) is 0.292. The zero-order valence-electron chi connectivity index (χ0n) is 15.5. The van der Waals surface area contributed by atoms with E-state index in [0.29, 0.717) is 5.69 Å². The van der Waals surface area contributed by atoms with Crippen LogP contribution in [0.4, 0.5) is 17.1 Å². The molecule has 3 heterocycles. The van der Waals surface area contributed by atoms with Crippen LogP contribution in [0.15, 0.2) is 47.2 Å². The predicted octanol–water partition coefficient (Wildman–Crippen LogP) is -4.02. The molecule has 29 heavy (non-hydrogen) atoms. The maximum Gasteiger partial charge on any atom is 2.00 e. The predicted molar refractivity (Wildman–Crippen MR) is 113 cm³/mol. The monoisotopic (exact) mass is 610 g/mol. The van der Waals surface area contributed by atoms with Crippen LogP contribution in [0, 0.1) is 0 Å². The third kappa shape index (κ3) is 6.06. The average molecular weight is 611 g/mol. The van der Waals surface area contributed by atoms with Gasteiger partial charge in [-0.1, -0.05) is 15.9 Å². The van der Waals surface area contributed by atoms with Gasteiger partial charge < -0.3 is 51.6 Å². The van der Waals surface area contributed by atoms with Crippen molar-refractivity contribution < 1.29 is 40.5 Å². The molecular formula is C18H21BrCl2N4O3Sn. The molecule has 0 atom stereocenters. The molecule has 0 unspecified atom stereocenters. The first-order valence-electron chi connectivity index (χ1n) is 7.70. The van der Waals surface area contributed by atoms with Crippen LogP contribution in [0.5, 0.6) is 0 Å². The second-order valence-corrected chi connectivity index (χ2v) is 7.28. The second kappa shape index (κ2) is 12.1. The maximum atomic E-state index is 6.14. The molecule has 156 valence electrons. The van der Waals surface area contributed by atoms with Gasteiger partial charge in [0.05, 0.1) is 59.3 Å². The minimum Gasteiger partial charge on any atom is -1.00 e. The summed E-state index contributed by atoms with van der Waals surface area (Å²) in [6.07, 6.45) is 3.51. The molecule has 1 saturated heterocycles. The number of rotatable bonds is 3. The van der Waals surface area contributed by atoms with E-state index < -0.39 is 0 Å². The molecule has 11 heteroatoms. The van der Waals surface area contributed by atoms with Crippen LogP contribution in [-0.2, 0) is 10.2 Å². The normalized spacial score (nSPS) is 13.2. The average Bonchev–Trinajstić information content (AvgIpc) is 2.56. The van der Waals surface area contributed by atoms with Gasteiger partial charge in [-0.25, -0.2) is 0 Å². The molecule has 0 saturated carbocycles. The summed E-state index contributed by atoms with van der Waals surface area (Å²) in [5, 5.41) is 4.34. The van der Waals surface area contributed by atoms with Crippen molar-refractivity contribution >= 4 is 67.8 Å². The number of halogens is 3. The van der Waals surface area contributed by atoms with E-state index in [1.165, 1.54) is 0 Å². The van der Waals surface area contributed by atoms with Gasteiger partial charge in [0.15, 0.2) is 0 Å². The zero-order valence-corrected chi connectivity index (χ0v) is 21.4. The Bertz CT molecular complexity index is 926. The number of nitrogens with one attached hydrogen (secondary N) is 1. The Hall–Kier alpha value is -0.881. The molecule has 1 aliphatic rings. The first kappa shape index (κ1) is 30.3. The smallest absolute Gasteiger partial charge is 1.00 e. The van der Waals surface area contributed by atoms with Crippen molar-refractivity contribution in [3.05, 3.63) is 52.9 Å². The van der Waals surface area contributed by atoms with Gasteiger partial charge in [-0.2, -0.15) is 0 Å². The second-order valence-electron chi connectivity index (χ2n) is 6.36. The first-order valence-corrected chi connectivity index (χ1v) is 8.49. The number of fused-ring (bicyclic) bond motifs is 1. The van der Waals surface area contributed by atoms with Crippen molar-refractivity contribution in [2.45, 2.75) is 12.3 Å². The summed E-state index contributed by atoms with van der Waals surface area (Å²) in [4.78, 5) is 8.96. The Morgan fingerprint density at radius 3 is 2.31 bits per heavy atom. The van der Waals surface area contributed by atoms with Crippen molar-refractivity contribution in [2.75, 3.05) is 24.3 Å². The van der Waals surface area contributed by atoms with Gasteiger partial charge in [-0.05, 0) is 37.3 Å². The third-order valence-electron chi connectivity index (χ3n) is 4.35. The largest absolute Gasteiger partial charge is 2.00 e. The van der Waals surface area contributed by atoms with E-state index in [2.05, 4.69) is 38.1 Å². The fourth-order valence-electron chi connectivity index (χ4n) is 2.85. The topological polar surface area (TPSA) is 136 Å². The fraction of sp³-hybridized carbons (Fsp3) is 0.222. The summed E-state index contributed by atoms with van der Waals surface area (Å²) >= 11 is 3.50. The van der Waals surface area contributed by atoms with Crippen LogP contribution >= 0.6 is 15.9 Å². The van der Waals surface area contributed by atoms with Crippen molar-refractivity contribution in [3.8, 4) is 0 Å². The molecule has 0 bridgehead atoms. The number of nitrogen functional groups attached to an aromatic ring is 1. The standard InChI is InChI=1S/C18H17BrN4O.2ClH.2H2O.Sn/c1-18(9-24-10-18)16-5-3-12(7-22-16)23-17-13-6-11(19)2-4-15(13)21-8-14(17)20;;;;;/h2-8H,9-10,20H2,1H3,(H,21,23);2*1H;2*1H2;/q;;;;;+2/p-2. The van der Waals surface area contributed by atoms with Crippen LogP contribution in [0.2, 0.25) is 0 Å². The van der Waals surface area contributed by atoms with Gasteiger partial charge in [-0.3, -0.25) is 9.97 Å². The number of aromatic nitrogens is 2. The van der Waals surface area contributed by atoms with Crippen molar-refractivity contribution in [1.82, 2.24) is 9.97 Å². The summed E-state index contributed by atoms with van der Waals surface area (Å²) in [7, 11) is 0. The Kier molecular flexibility index (Phi) is 12.6. The van der Waals surface area contributed by atoms with E-state index in [-0.39, 0.29) is 65.1 Å². The molecule has 7 N–H and O–H groups in total. The number of anilines is 3. The van der Waals surface area contributed by atoms with Crippen molar-refractivity contribution in [3.63, 3.8) is 0 Å². The number of benzene rings is 1. The summed E-state index contributed by atoms with van der Waals surface area (Å²) in [6, 6.07) is 10.0. The minimum atomic E-state index is 0. The molecule has 1 aromatic carbocycles. The van der Waals surface area contributed by atoms with E-state index in [9.17, 15) is 0 Å². The molecule has 7 nitrogen and oxygen atoms in total. The molecule has 0 amide bonds. The van der Waals surface area contributed by atoms with Gasteiger partial charge in [0.25, 0.3) is 0 Å². The molecular weight excluding hydrogens is 590 g/mol. The maximum absolute atomic E-state index is 6.14. The Morgan fingerprint density at radius 1 is 1.07 bits per heavy atom. The number of pyridine rings is 2. The third-order valence-corrected chi connectivity index (χ3v) is 4.85. The Labute approximate surface area is 206 Å². The van der Waals surface area contributed by atoms with Crippen LogP contribution in [0.1, 0.15) is 12.6 Å². The van der Waals surface area contributed by atoms with Gasteiger partial charge in [0, 0.05) is 9.86 Å². The van der Waals surface area contributed by atoms with Gasteiger partial charge >= 0.3 is 23.9 Å². The summed E-state index contributed by atoms with van der Waals surface area (Å²) in [5.74, 6) is 0. The van der Waals surface area contributed by atoms with E-state index in [1.807, 2.05) is 36.5 Å². The molecule has 0 spiro atoms. The Morgan fingerprint density at radius 2 is 1.76 bits per heavy atom. The molecule has 2 aromatic heterocycles. The van der Waals surface area contributed by atoms with Crippen LogP contribution in [0.25, 0.3) is 10.9 Å². The Balaban J connectivity index is 0. The number of hydrogen-bond donors (Lipinski definition) is 2. The molecule has 0 aliphatic carbocycles. The minimum absolute atomic E-state index is 0. The van der Waals surface area contributed by atoms with E-state index in [4.69, 9.17) is 10.5 Å². The van der Waals surface area contributed by atoms with Crippen LogP contribution in [-0.4, -0.2) is 58.0 Å². The van der Waals surface area contributed by atoms with E-state index in [1.54, 1.807) is 6.20 Å². The van der Waals surface area contributed by atoms with Crippen LogP contribution in [0.3, 0.4) is 0 Å². The van der Waals surface area contributed by atoms with Gasteiger partial charge in [0.2, 0.25) is 0 Å². The van der Waals surface area contributed by atoms with Crippen molar-refractivity contribution in [2.24, 2.45) is 0 Å². The van der Waals surface area contributed by atoms with E-state index in [0.717, 1.165) is 45.7 Å². The number of nitrogens with zero attached hydrogens (tertiary/aromatic N) is 2. The number of nitrogens with two attached hydrogens (primary N) is 1. The zero-order chi connectivity index (χ0) is 16.7.